The fraction of sp³-hybridized carbons (Fsp3) is 0.167. The molecule has 0 aliphatic heterocycles. The molecule has 0 radical (unpaired) electrons. The van der Waals surface area contributed by atoms with Crippen molar-refractivity contribution >= 4 is 17.1 Å². The number of aryl methyl sites for hydroxylation is 1. The summed E-state index contributed by atoms with van der Waals surface area (Å²) in [5.41, 5.74) is 0.770. The van der Waals surface area contributed by atoms with Gasteiger partial charge < -0.3 is 4.74 Å². The Bertz CT molecular complexity index is 1050. The standard InChI is InChI=1S/C18H17N5O4/c1-3-14-17(18(24)22(21-14)12-7-5-4-6-8-12)20-19-15-10-9-13(27-2)11-16(15)23(25)26/h4-11,21H,3H2,1-2H3. The Hall–Kier alpha value is -3.75. The SMILES string of the molecule is CCc1[nH]n(-c2ccccc2)c(=O)c1N=Nc1ccc(OC)cc1[N+](=O)[O-]. The number of ether oxygens (including phenoxy) is 1. The number of methoxy groups -OCH3 is 1. The smallest absolute Gasteiger partial charge is 0.300 e. The van der Waals surface area contributed by atoms with Gasteiger partial charge in [-0.2, -0.15) is 0 Å². The second kappa shape index (κ2) is 7.65. The van der Waals surface area contributed by atoms with Crippen LogP contribution in [0.2, 0.25) is 0 Å². The summed E-state index contributed by atoms with van der Waals surface area (Å²) >= 11 is 0. The Morgan fingerprint density at radius 1 is 1.19 bits per heavy atom. The van der Waals surface area contributed by atoms with Crippen molar-refractivity contribution in [2.45, 2.75) is 13.3 Å². The maximum atomic E-state index is 12.7. The van der Waals surface area contributed by atoms with E-state index in [9.17, 15) is 14.9 Å². The van der Waals surface area contributed by atoms with Gasteiger partial charge in [0, 0.05) is 0 Å². The van der Waals surface area contributed by atoms with Crippen LogP contribution < -0.4 is 10.3 Å². The second-order valence-corrected chi connectivity index (χ2v) is 5.58. The normalized spacial score (nSPS) is 11.0. The first-order chi connectivity index (χ1) is 13.0. The van der Waals surface area contributed by atoms with Crippen LogP contribution in [0.4, 0.5) is 17.1 Å². The number of azo groups is 1. The number of rotatable bonds is 6. The Morgan fingerprint density at radius 2 is 1.93 bits per heavy atom. The molecule has 1 aromatic heterocycles. The molecule has 138 valence electrons. The number of hydrogen-bond donors (Lipinski definition) is 1. The zero-order valence-electron chi connectivity index (χ0n) is 14.7. The van der Waals surface area contributed by atoms with E-state index in [0.717, 1.165) is 0 Å². The number of aromatic amines is 1. The fourth-order valence-corrected chi connectivity index (χ4v) is 2.55. The van der Waals surface area contributed by atoms with Crippen LogP contribution >= 0.6 is 0 Å². The molecule has 0 amide bonds. The van der Waals surface area contributed by atoms with Gasteiger partial charge in [0.1, 0.15) is 5.75 Å². The number of para-hydroxylation sites is 1. The van der Waals surface area contributed by atoms with E-state index in [2.05, 4.69) is 15.3 Å². The Morgan fingerprint density at radius 3 is 2.56 bits per heavy atom. The maximum absolute atomic E-state index is 12.7. The molecule has 0 atom stereocenters. The number of nitro groups is 1. The largest absolute Gasteiger partial charge is 0.496 e. The Kier molecular flexibility index (Phi) is 5.11. The van der Waals surface area contributed by atoms with Crippen LogP contribution in [0, 0.1) is 10.1 Å². The van der Waals surface area contributed by atoms with Crippen molar-refractivity contribution in [2.75, 3.05) is 7.11 Å². The lowest BCUT2D eigenvalue weighted by Crippen LogP contribution is -2.13. The average Bonchev–Trinajstić information content (AvgIpc) is 3.02. The summed E-state index contributed by atoms with van der Waals surface area (Å²) in [6.07, 6.45) is 0.522. The molecule has 1 heterocycles. The van der Waals surface area contributed by atoms with Gasteiger partial charge in [0.15, 0.2) is 11.4 Å². The van der Waals surface area contributed by atoms with Gasteiger partial charge in [-0.25, -0.2) is 4.68 Å². The lowest BCUT2D eigenvalue weighted by Gasteiger charge is -2.00. The van der Waals surface area contributed by atoms with Gasteiger partial charge in [0.25, 0.3) is 11.2 Å². The van der Waals surface area contributed by atoms with Gasteiger partial charge in [-0.1, -0.05) is 25.1 Å². The van der Waals surface area contributed by atoms with Crippen LogP contribution in [0.3, 0.4) is 0 Å². The molecule has 0 fully saturated rings. The van der Waals surface area contributed by atoms with E-state index < -0.39 is 4.92 Å². The van der Waals surface area contributed by atoms with Crippen molar-refractivity contribution in [3.05, 3.63) is 74.7 Å². The number of nitrogens with zero attached hydrogens (tertiary/aromatic N) is 4. The van der Waals surface area contributed by atoms with Gasteiger partial charge in [-0.3, -0.25) is 20.0 Å². The summed E-state index contributed by atoms with van der Waals surface area (Å²) in [4.78, 5) is 23.4. The lowest BCUT2D eigenvalue weighted by atomic mass is 10.2. The van der Waals surface area contributed by atoms with Gasteiger partial charge in [-0.05, 0) is 30.7 Å². The minimum atomic E-state index is -0.572. The Labute approximate surface area is 154 Å². The molecule has 0 spiro atoms. The van der Waals surface area contributed by atoms with E-state index in [1.165, 1.54) is 23.9 Å². The van der Waals surface area contributed by atoms with Crippen LogP contribution in [0.5, 0.6) is 5.75 Å². The fourth-order valence-electron chi connectivity index (χ4n) is 2.55. The number of aromatic nitrogens is 2. The number of nitrogens with one attached hydrogen (secondary N) is 1. The molecule has 3 aromatic rings. The van der Waals surface area contributed by atoms with E-state index in [1.807, 2.05) is 25.1 Å². The molecule has 3 rings (SSSR count). The predicted octanol–water partition coefficient (Wildman–Crippen LogP) is 4.06. The van der Waals surface area contributed by atoms with E-state index >= 15 is 0 Å². The third-order valence-electron chi connectivity index (χ3n) is 3.94. The van der Waals surface area contributed by atoms with Crippen LogP contribution in [0.25, 0.3) is 5.69 Å². The van der Waals surface area contributed by atoms with Gasteiger partial charge in [-0.15, -0.1) is 10.2 Å². The van der Waals surface area contributed by atoms with E-state index in [1.54, 1.807) is 18.2 Å². The highest BCUT2D eigenvalue weighted by atomic mass is 16.6. The molecule has 27 heavy (non-hydrogen) atoms. The maximum Gasteiger partial charge on any atom is 0.300 e. The van der Waals surface area contributed by atoms with Crippen molar-refractivity contribution in [3.63, 3.8) is 0 Å². The molecule has 0 aliphatic rings. The first-order valence-electron chi connectivity index (χ1n) is 8.18. The first kappa shape index (κ1) is 18.1. The molecule has 0 unspecified atom stereocenters. The van der Waals surface area contributed by atoms with Crippen molar-refractivity contribution in [1.29, 1.82) is 0 Å². The predicted molar refractivity (Wildman–Crippen MR) is 99.6 cm³/mol. The molecule has 0 saturated heterocycles. The highest BCUT2D eigenvalue weighted by Crippen LogP contribution is 2.32. The van der Waals surface area contributed by atoms with Crippen LogP contribution in [-0.2, 0) is 6.42 Å². The number of H-pyrrole nitrogens is 1. The molecule has 0 bridgehead atoms. The lowest BCUT2D eigenvalue weighted by molar-refractivity contribution is -0.384. The van der Waals surface area contributed by atoms with E-state index in [-0.39, 0.29) is 22.6 Å². The van der Waals surface area contributed by atoms with Crippen molar-refractivity contribution in [2.24, 2.45) is 10.2 Å². The minimum absolute atomic E-state index is 0.0368. The zero-order valence-corrected chi connectivity index (χ0v) is 14.7. The quantitative estimate of drug-likeness (QED) is 0.402. The molecular formula is C18H17N5O4. The molecular weight excluding hydrogens is 350 g/mol. The van der Waals surface area contributed by atoms with Crippen molar-refractivity contribution < 1.29 is 9.66 Å². The highest BCUT2D eigenvalue weighted by Gasteiger charge is 2.17. The zero-order chi connectivity index (χ0) is 19.4. The summed E-state index contributed by atoms with van der Waals surface area (Å²) < 4.78 is 6.37. The monoisotopic (exact) mass is 367 g/mol. The van der Waals surface area contributed by atoms with Crippen molar-refractivity contribution in [3.8, 4) is 11.4 Å². The molecule has 2 aromatic carbocycles. The summed E-state index contributed by atoms with van der Waals surface area (Å²) in [6, 6.07) is 13.3. The third-order valence-corrected chi connectivity index (χ3v) is 3.94. The number of benzene rings is 2. The summed E-state index contributed by atoms with van der Waals surface area (Å²) in [7, 11) is 1.42. The topological polar surface area (TPSA) is 115 Å². The molecule has 1 N–H and O–H groups in total. The molecule has 0 saturated carbocycles. The summed E-state index contributed by atoms with van der Waals surface area (Å²) in [6.45, 7) is 1.87. The second-order valence-electron chi connectivity index (χ2n) is 5.58. The van der Waals surface area contributed by atoms with E-state index in [0.29, 0.717) is 23.6 Å². The van der Waals surface area contributed by atoms with Crippen LogP contribution in [-0.4, -0.2) is 21.8 Å². The third kappa shape index (κ3) is 3.61. The minimum Gasteiger partial charge on any atom is -0.496 e. The summed E-state index contributed by atoms with van der Waals surface area (Å²) in [5, 5.41) is 22.2. The van der Waals surface area contributed by atoms with Gasteiger partial charge >= 0.3 is 0 Å². The molecule has 0 aliphatic carbocycles. The first-order valence-corrected chi connectivity index (χ1v) is 8.18. The highest BCUT2D eigenvalue weighted by molar-refractivity contribution is 5.60. The van der Waals surface area contributed by atoms with Crippen molar-refractivity contribution in [1.82, 2.24) is 9.78 Å². The average molecular weight is 367 g/mol. The van der Waals surface area contributed by atoms with E-state index in [4.69, 9.17) is 4.74 Å². The molecule has 9 heteroatoms. The number of nitro benzene ring substituents is 1. The summed E-state index contributed by atoms with van der Waals surface area (Å²) in [5.74, 6) is 0.336. The van der Waals surface area contributed by atoms with Crippen LogP contribution in [0.1, 0.15) is 12.6 Å². The van der Waals surface area contributed by atoms with Gasteiger partial charge in [0.2, 0.25) is 0 Å². The molecule has 9 nitrogen and oxygen atoms in total. The van der Waals surface area contributed by atoms with Gasteiger partial charge in [0.05, 0.1) is 29.5 Å². The number of hydrogen-bond acceptors (Lipinski definition) is 6. The van der Waals surface area contributed by atoms with Crippen LogP contribution in [0.15, 0.2) is 63.6 Å². The Balaban J connectivity index is 2.05.